The molecule has 0 aliphatic heterocycles. The topological polar surface area (TPSA) is 43.1 Å². The van der Waals surface area contributed by atoms with Crippen molar-refractivity contribution in [3.63, 3.8) is 0 Å². The van der Waals surface area contributed by atoms with E-state index < -0.39 is 0 Å². The highest BCUT2D eigenvalue weighted by molar-refractivity contribution is 7.16. The number of rotatable bonds is 2. The molecule has 4 nitrogen and oxygen atoms in total. The molecule has 6 heteroatoms. The fraction of sp³-hybridized carbons (Fsp3) is 0.182. The quantitative estimate of drug-likeness (QED) is 0.698. The van der Waals surface area contributed by atoms with Crippen LogP contribution < -0.4 is 0 Å². The molecule has 0 amide bonds. The van der Waals surface area contributed by atoms with Crippen LogP contribution in [0.5, 0.6) is 0 Å². The van der Waals surface area contributed by atoms with Gasteiger partial charge in [-0.1, -0.05) is 23.5 Å². The van der Waals surface area contributed by atoms with E-state index in [0.717, 1.165) is 21.4 Å². The Bertz CT molecular complexity index is 656. The monoisotopic (exact) mass is 248 g/mol. The Morgan fingerprint density at radius 2 is 2.00 bits per heavy atom. The normalized spacial score (nSPS) is 11.2. The van der Waals surface area contributed by atoms with Crippen LogP contribution in [0, 0.1) is 12.7 Å². The fourth-order valence-electron chi connectivity index (χ4n) is 1.60. The Kier molecular flexibility index (Phi) is 2.36. The van der Waals surface area contributed by atoms with Crippen LogP contribution in [-0.2, 0) is 6.42 Å². The van der Waals surface area contributed by atoms with E-state index in [9.17, 15) is 4.39 Å². The molecule has 0 atom stereocenters. The van der Waals surface area contributed by atoms with Gasteiger partial charge < -0.3 is 0 Å². The van der Waals surface area contributed by atoms with E-state index in [2.05, 4.69) is 15.3 Å². The molecule has 0 bridgehead atoms. The van der Waals surface area contributed by atoms with Crippen molar-refractivity contribution in [1.82, 2.24) is 19.8 Å². The molecule has 0 saturated carbocycles. The number of halogens is 1. The molecule has 1 aromatic carbocycles. The van der Waals surface area contributed by atoms with Gasteiger partial charge in [0.1, 0.15) is 10.8 Å². The number of hydrogen-bond donors (Lipinski definition) is 0. The predicted molar refractivity (Wildman–Crippen MR) is 62.6 cm³/mol. The summed E-state index contributed by atoms with van der Waals surface area (Å²) in [6.45, 7) is 1.86. The van der Waals surface area contributed by atoms with Gasteiger partial charge >= 0.3 is 0 Å². The molecular weight excluding hydrogens is 239 g/mol. The lowest BCUT2D eigenvalue weighted by molar-refractivity contribution is 0.627. The highest BCUT2D eigenvalue weighted by Gasteiger charge is 2.08. The molecule has 0 spiro atoms. The summed E-state index contributed by atoms with van der Waals surface area (Å²) in [6.07, 6.45) is 0.688. The van der Waals surface area contributed by atoms with Crippen LogP contribution in [0.1, 0.15) is 16.4 Å². The first kappa shape index (κ1) is 10.3. The molecule has 17 heavy (non-hydrogen) atoms. The largest absolute Gasteiger partial charge is 0.234 e. The Morgan fingerprint density at radius 1 is 1.24 bits per heavy atom. The molecule has 0 aliphatic rings. The molecule has 0 fully saturated rings. The Labute approximate surface area is 101 Å². The standard InChI is InChI=1S/C11H9FN4S/c1-7-13-14-11-16(7)15-10(17-11)6-8-2-4-9(12)5-3-8/h2-5H,6H2,1H3. The first-order valence-corrected chi connectivity index (χ1v) is 5.96. The Balaban J connectivity index is 1.91. The van der Waals surface area contributed by atoms with Gasteiger partial charge in [0.15, 0.2) is 5.82 Å². The lowest BCUT2D eigenvalue weighted by Gasteiger charge is -1.96. The molecule has 0 saturated heterocycles. The minimum atomic E-state index is -0.220. The van der Waals surface area contributed by atoms with E-state index in [4.69, 9.17) is 0 Å². The first-order chi connectivity index (χ1) is 8.22. The molecule has 3 aromatic rings. The van der Waals surface area contributed by atoms with Crippen LogP contribution in [0.4, 0.5) is 4.39 Å². The maximum atomic E-state index is 12.8. The molecule has 2 aromatic heterocycles. The molecule has 0 N–H and O–H groups in total. The SMILES string of the molecule is Cc1nnc2sc(Cc3ccc(F)cc3)nn12. The maximum absolute atomic E-state index is 12.8. The van der Waals surface area contributed by atoms with Crippen LogP contribution in [0.15, 0.2) is 24.3 Å². The minimum absolute atomic E-state index is 0.220. The number of fused-ring (bicyclic) bond motifs is 1. The third-order valence-corrected chi connectivity index (χ3v) is 3.36. The van der Waals surface area contributed by atoms with Gasteiger partial charge in [-0.2, -0.15) is 9.61 Å². The summed E-state index contributed by atoms with van der Waals surface area (Å²) >= 11 is 1.50. The van der Waals surface area contributed by atoms with Crippen LogP contribution in [0.2, 0.25) is 0 Å². The highest BCUT2D eigenvalue weighted by atomic mass is 32.1. The summed E-state index contributed by atoms with van der Waals surface area (Å²) < 4.78 is 14.5. The van der Waals surface area contributed by atoms with Gasteiger partial charge in [-0.05, 0) is 24.6 Å². The van der Waals surface area contributed by atoms with Gasteiger partial charge in [-0.25, -0.2) is 4.39 Å². The zero-order chi connectivity index (χ0) is 11.8. The third-order valence-electron chi connectivity index (χ3n) is 2.46. The van der Waals surface area contributed by atoms with Crippen molar-refractivity contribution in [2.24, 2.45) is 0 Å². The van der Waals surface area contributed by atoms with Crippen molar-refractivity contribution in [1.29, 1.82) is 0 Å². The smallest absolute Gasteiger partial charge is 0.207 e. The fourth-order valence-corrected chi connectivity index (χ4v) is 2.52. The van der Waals surface area contributed by atoms with Crippen LogP contribution >= 0.6 is 11.3 Å². The van der Waals surface area contributed by atoms with E-state index in [1.54, 1.807) is 16.6 Å². The maximum Gasteiger partial charge on any atom is 0.234 e. The van der Waals surface area contributed by atoms with E-state index in [-0.39, 0.29) is 5.82 Å². The van der Waals surface area contributed by atoms with Gasteiger partial charge in [-0.3, -0.25) is 0 Å². The zero-order valence-electron chi connectivity index (χ0n) is 9.09. The summed E-state index contributed by atoms with van der Waals surface area (Å²) in [5, 5.41) is 13.3. The summed E-state index contributed by atoms with van der Waals surface area (Å²) in [6, 6.07) is 6.46. The number of benzene rings is 1. The van der Waals surface area contributed by atoms with Crippen LogP contribution in [0.3, 0.4) is 0 Å². The van der Waals surface area contributed by atoms with Gasteiger partial charge in [-0.15, -0.1) is 10.2 Å². The Hall–Kier alpha value is -1.82. The summed E-state index contributed by atoms with van der Waals surface area (Å²) in [4.78, 5) is 0.791. The van der Waals surface area contributed by atoms with E-state index in [1.807, 2.05) is 6.92 Å². The first-order valence-electron chi connectivity index (χ1n) is 5.14. The summed E-state index contributed by atoms with van der Waals surface area (Å²) in [5.74, 6) is 0.560. The van der Waals surface area contributed by atoms with Gasteiger partial charge in [0, 0.05) is 6.42 Å². The van der Waals surface area contributed by atoms with Crippen molar-refractivity contribution in [2.45, 2.75) is 13.3 Å². The number of hydrogen-bond acceptors (Lipinski definition) is 4. The number of aromatic nitrogens is 4. The van der Waals surface area contributed by atoms with E-state index in [1.165, 1.54) is 23.5 Å². The van der Waals surface area contributed by atoms with Crippen molar-refractivity contribution in [3.05, 3.63) is 46.5 Å². The number of nitrogens with zero attached hydrogens (tertiary/aromatic N) is 4. The average Bonchev–Trinajstić information content (AvgIpc) is 2.85. The van der Waals surface area contributed by atoms with Gasteiger partial charge in [0.25, 0.3) is 0 Å². The van der Waals surface area contributed by atoms with E-state index in [0.29, 0.717) is 6.42 Å². The molecule has 0 unspecified atom stereocenters. The molecule has 0 radical (unpaired) electrons. The lowest BCUT2D eigenvalue weighted by atomic mass is 10.2. The Morgan fingerprint density at radius 3 is 2.71 bits per heavy atom. The van der Waals surface area contributed by atoms with Gasteiger partial charge in [0.05, 0.1) is 0 Å². The number of aryl methyl sites for hydroxylation is 1. The molecule has 86 valence electrons. The highest BCUT2D eigenvalue weighted by Crippen LogP contribution is 2.17. The van der Waals surface area contributed by atoms with Crippen LogP contribution in [-0.4, -0.2) is 19.8 Å². The third kappa shape index (κ3) is 1.91. The van der Waals surface area contributed by atoms with Crippen molar-refractivity contribution in [3.8, 4) is 0 Å². The summed E-state index contributed by atoms with van der Waals surface area (Å²) in [5.41, 5.74) is 1.04. The predicted octanol–water partition coefficient (Wildman–Crippen LogP) is 2.22. The average molecular weight is 248 g/mol. The van der Waals surface area contributed by atoms with Crippen LogP contribution in [0.25, 0.3) is 4.96 Å². The van der Waals surface area contributed by atoms with E-state index >= 15 is 0 Å². The second kappa shape index (κ2) is 3.89. The van der Waals surface area contributed by atoms with Crippen molar-refractivity contribution < 1.29 is 4.39 Å². The van der Waals surface area contributed by atoms with Crippen molar-refractivity contribution in [2.75, 3.05) is 0 Å². The second-order valence-corrected chi connectivity index (χ2v) is 4.78. The minimum Gasteiger partial charge on any atom is -0.207 e. The molecule has 3 rings (SSSR count). The molecular formula is C11H9FN4S. The lowest BCUT2D eigenvalue weighted by Crippen LogP contribution is -1.92. The summed E-state index contributed by atoms with van der Waals surface area (Å²) in [7, 11) is 0. The molecule has 2 heterocycles. The van der Waals surface area contributed by atoms with Gasteiger partial charge in [0.2, 0.25) is 4.96 Å². The molecule has 0 aliphatic carbocycles. The zero-order valence-corrected chi connectivity index (χ0v) is 9.91. The second-order valence-electron chi connectivity index (χ2n) is 3.74. The van der Waals surface area contributed by atoms with Crippen molar-refractivity contribution >= 4 is 16.3 Å².